The van der Waals surface area contributed by atoms with E-state index in [1.807, 2.05) is 12.3 Å². The number of nitro benzene ring substituents is 1. The minimum atomic E-state index is -0.461. The van der Waals surface area contributed by atoms with Gasteiger partial charge < -0.3 is 10.1 Å². The van der Waals surface area contributed by atoms with E-state index in [-0.39, 0.29) is 11.4 Å². The Kier molecular flexibility index (Phi) is 3.96. The first-order chi connectivity index (χ1) is 9.10. The van der Waals surface area contributed by atoms with Crippen molar-refractivity contribution in [2.45, 2.75) is 13.5 Å². The number of aryl methyl sites for hydroxylation is 1. The normalized spacial score (nSPS) is 10.2. The van der Waals surface area contributed by atoms with Crippen molar-refractivity contribution in [2.24, 2.45) is 0 Å². The molecule has 1 heterocycles. The number of methoxy groups -OCH3 is 1. The molecule has 1 aromatic carbocycles. The highest BCUT2D eigenvalue weighted by Gasteiger charge is 2.15. The number of ether oxygens (including phenoxy) is 1. The average molecular weight is 279 g/mol. The van der Waals surface area contributed by atoms with Gasteiger partial charge in [-0.15, -0.1) is 11.3 Å². The smallest absolute Gasteiger partial charge is 0.312 e. The first-order valence-corrected chi connectivity index (χ1v) is 6.45. The van der Waals surface area contributed by atoms with Crippen molar-refractivity contribution in [3.8, 4) is 5.75 Å². The van der Waals surface area contributed by atoms with Crippen molar-refractivity contribution in [2.75, 3.05) is 12.4 Å². The number of nitrogens with zero attached hydrogens (tertiary/aromatic N) is 2. The van der Waals surface area contributed by atoms with Crippen LogP contribution < -0.4 is 10.1 Å². The summed E-state index contributed by atoms with van der Waals surface area (Å²) in [6.45, 7) is 2.47. The third kappa shape index (κ3) is 3.19. The first-order valence-electron chi connectivity index (χ1n) is 5.57. The van der Waals surface area contributed by atoms with Crippen molar-refractivity contribution >= 4 is 22.7 Å². The molecular weight excluding hydrogens is 266 g/mol. The number of benzene rings is 1. The Bertz CT molecular complexity index is 598. The lowest BCUT2D eigenvalue weighted by atomic mass is 10.2. The van der Waals surface area contributed by atoms with Crippen LogP contribution in [0.1, 0.15) is 10.7 Å². The Morgan fingerprint density at radius 2 is 2.32 bits per heavy atom. The Morgan fingerprint density at radius 1 is 1.53 bits per heavy atom. The minimum absolute atomic E-state index is 0.0537. The van der Waals surface area contributed by atoms with Gasteiger partial charge in [-0.3, -0.25) is 10.1 Å². The van der Waals surface area contributed by atoms with E-state index in [0.717, 1.165) is 10.7 Å². The highest BCUT2D eigenvalue weighted by molar-refractivity contribution is 7.09. The summed E-state index contributed by atoms with van der Waals surface area (Å²) in [5.74, 6) is 0.250. The lowest BCUT2D eigenvalue weighted by Crippen LogP contribution is -2.01. The number of rotatable bonds is 5. The van der Waals surface area contributed by atoms with Gasteiger partial charge in [-0.25, -0.2) is 4.98 Å². The fourth-order valence-corrected chi connectivity index (χ4v) is 2.24. The van der Waals surface area contributed by atoms with Gasteiger partial charge in [0.2, 0.25) is 0 Å². The molecule has 100 valence electrons. The highest BCUT2D eigenvalue weighted by Crippen LogP contribution is 2.29. The number of aromatic nitrogens is 1. The summed E-state index contributed by atoms with van der Waals surface area (Å²) >= 11 is 1.57. The minimum Gasteiger partial charge on any atom is -0.490 e. The van der Waals surface area contributed by atoms with Crippen LogP contribution in [-0.4, -0.2) is 17.0 Å². The number of hydrogen-bond acceptors (Lipinski definition) is 6. The van der Waals surface area contributed by atoms with E-state index in [0.29, 0.717) is 12.2 Å². The van der Waals surface area contributed by atoms with Gasteiger partial charge in [-0.2, -0.15) is 0 Å². The fourth-order valence-electron chi connectivity index (χ4n) is 1.62. The second-order valence-corrected chi connectivity index (χ2v) is 4.92. The molecule has 0 aliphatic rings. The molecule has 0 aliphatic heterocycles. The molecular formula is C12H13N3O3S. The van der Waals surface area contributed by atoms with Crippen molar-refractivity contribution in [1.29, 1.82) is 0 Å². The van der Waals surface area contributed by atoms with E-state index < -0.39 is 4.92 Å². The summed E-state index contributed by atoms with van der Waals surface area (Å²) < 4.78 is 4.95. The van der Waals surface area contributed by atoms with Crippen LogP contribution in [0.5, 0.6) is 5.75 Å². The lowest BCUT2D eigenvalue weighted by molar-refractivity contribution is -0.385. The van der Waals surface area contributed by atoms with Gasteiger partial charge in [0.25, 0.3) is 0 Å². The third-order valence-electron chi connectivity index (χ3n) is 2.52. The SMILES string of the molecule is COc1ccc(NCc2csc(C)n2)cc1[N+](=O)[O-]. The van der Waals surface area contributed by atoms with E-state index >= 15 is 0 Å². The molecule has 0 saturated heterocycles. The molecule has 7 heteroatoms. The van der Waals surface area contributed by atoms with Crippen LogP contribution in [0.25, 0.3) is 0 Å². The fraction of sp³-hybridized carbons (Fsp3) is 0.250. The zero-order valence-electron chi connectivity index (χ0n) is 10.5. The summed E-state index contributed by atoms with van der Waals surface area (Å²) in [6, 6.07) is 4.77. The van der Waals surface area contributed by atoms with E-state index in [1.165, 1.54) is 13.2 Å². The standard InChI is InChI=1S/C12H13N3O3S/c1-8-14-10(7-19-8)6-13-9-3-4-12(18-2)11(5-9)15(16)17/h3-5,7,13H,6H2,1-2H3. The number of anilines is 1. The maximum Gasteiger partial charge on any atom is 0.312 e. The quantitative estimate of drug-likeness (QED) is 0.672. The molecule has 0 bridgehead atoms. The zero-order valence-corrected chi connectivity index (χ0v) is 11.4. The molecule has 6 nitrogen and oxygen atoms in total. The molecule has 0 saturated carbocycles. The Hall–Kier alpha value is -2.15. The van der Waals surface area contributed by atoms with Crippen LogP contribution in [-0.2, 0) is 6.54 Å². The Morgan fingerprint density at radius 3 is 2.89 bits per heavy atom. The molecule has 2 rings (SSSR count). The van der Waals surface area contributed by atoms with Crippen molar-refractivity contribution in [1.82, 2.24) is 4.98 Å². The molecule has 0 amide bonds. The summed E-state index contributed by atoms with van der Waals surface area (Å²) in [5.41, 5.74) is 1.53. The van der Waals surface area contributed by atoms with Crippen LogP contribution in [0.15, 0.2) is 23.6 Å². The van der Waals surface area contributed by atoms with Gasteiger partial charge in [-0.05, 0) is 19.1 Å². The highest BCUT2D eigenvalue weighted by atomic mass is 32.1. The van der Waals surface area contributed by atoms with Crippen LogP contribution >= 0.6 is 11.3 Å². The van der Waals surface area contributed by atoms with Crippen molar-refractivity contribution in [3.63, 3.8) is 0 Å². The van der Waals surface area contributed by atoms with E-state index in [1.54, 1.807) is 23.5 Å². The van der Waals surface area contributed by atoms with Gasteiger partial charge in [0, 0.05) is 17.1 Å². The maximum absolute atomic E-state index is 10.9. The first kappa shape index (κ1) is 13.3. The molecule has 19 heavy (non-hydrogen) atoms. The molecule has 1 aromatic heterocycles. The van der Waals surface area contributed by atoms with Gasteiger partial charge in [-0.1, -0.05) is 0 Å². The maximum atomic E-state index is 10.9. The van der Waals surface area contributed by atoms with Gasteiger partial charge >= 0.3 is 5.69 Å². The largest absolute Gasteiger partial charge is 0.490 e. The summed E-state index contributed by atoms with van der Waals surface area (Å²) in [4.78, 5) is 14.8. The van der Waals surface area contributed by atoms with Crippen molar-refractivity contribution < 1.29 is 9.66 Å². The van der Waals surface area contributed by atoms with E-state index in [2.05, 4.69) is 10.3 Å². The molecule has 1 N–H and O–H groups in total. The predicted molar refractivity (Wildman–Crippen MR) is 73.8 cm³/mol. The van der Waals surface area contributed by atoms with Gasteiger partial charge in [0.1, 0.15) is 0 Å². The predicted octanol–water partition coefficient (Wildman–Crippen LogP) is 2.98. The molecule has 0 radical (unpaired) electrons. The molecule has 0 aliphatic carbocycles. The number of hydrogen-bond donors (Lipinski definition) is 1. The Labute approximate surface area is 114 Å². The van der Waals surface area contributed by atoms with Crippen LogP contribution in [0.3, 0.4) is 0 Å². The summed E-state index contributed by atoms with van der Waals surface area (Å²) in [5, 5.41) is 17.0. The summed E-state index contributed by atoms with van der Waals surface area (Å²) in [7, 11) is 1.41. The van der Waals surface area contributed by atoms with E-state index in [9.17, 15) is 10.1 Å². The van der Waals surface area contributed by atoms with Crippen LogP contribution in [0.2, 0.25) is 0 Å². The van der Waals surface area contributed by atoms with Crippen LogP contribution in [0, 0.1) is 17.0 Å². The molecule has 0 spiro atoms. The van der Waals surface area contributed by atoms with Gasteiger partial charge in [0.15, 0.2) is 5.75 Å². The zero-order chi connectivity index (χ0) is 13.8. The van der Waals surface area contributed by atoms with Crippen LogP contribution in [0.4, 0.5) is 11.4 Å². The molecule has 0 unspecified atom stereocenters. The molecule has 0 fully saturated rings. The second kappa shape index (κ2) is 5.66. The second-order valence-electron chi connectivity index (χ2n) is 3.86. The lowest BCUT2D eigenvalue weighted by Gasteiger charge is -2.06. The topological polar surface area (TPSA) is 77.3 Å². The Balaban J connectivity index is 2.12. The average Bonchev–Trinajstić information content (AvgIpc) is 2.81. The van der Waals surface area contributed by atoms with Gasteiger partial charge in [0.05, 0.1) is 29.3 Å². The number of nitro groups is 1. The molecule has 0 atom stereocenters. The summed E-state index contributed by atoms with van der Waals surface area (Å²) in [6.07, 6.45) is 0. The van der Waals surface area contributed by atoms with Crippen molar-refractivity contribution in [3.05, 3.63) is 44.4 Å². The monoisotopic (exact) mass is 279 g/mol. The number of thiazole rings is 1. The molecule has 2 aromatic rings. The number of nitrogens with one attached hydrogen (secondary N) is 1. The van der Waals surface area contributed by atoms with E-state index in [4.69, 9.17) is 4.74 Å². The third-order valence-corrected chi connectivity index (χ3v) is 3.34.